The number of para-hydroxylation sites is 6. The molecule has 0 saturated heterocycles. The Labute approximate surface area is 405 Å². The molecule has 0 N–H and O–H groups in total. The molecule has 4 heteroatoms. The third-order valence-corrected chi connectivity index (χ3v) is 14.3. The summed E-state index contributed by atoms with van der Waals surface area (Å²) in [6.07, 6.45) is 0. The van der Waals surface area contributed by atoms with E-state index in [0.717, 1.165) is 34.1 Å². The van der Waals surface area contributed by atoms with Crippen molar-refractivity contribution in [2.75, 3.05) is 4.90 Å². The second kappa shape index (κ2) is 16.2. The van der Waals surface area contributed by atoms with Crippen molar-refractivity contribution in [2.24, 2.45) is 0 Å². The molecule has 0 spiro atoms. The molecule has 0 aliphatic heterocycles. The fourth-order valence-electron chi connectivity index (χ4n) is 11.0. The van der Waals surface area contributed by atoms with Crippen LogP contribution in [0.15, 0.2) is 267 Å². The number of rotatable bonds is 8. The van der Waals surface area contributed by atoms with Gasteiger partial charge in [-0.25, -0.2) is 0 Å². The Balaban J connectivity index is 0.815. The lowest BCUT2D eigenvalue weighted by Gasteiger charge is -2.26. The van der Waals surface area contributed by atoms with Crippen molar-refractivity contribution in [1.29, 1.82) is 0 Å². The number of anilines is 3. The van der Waals surface area contributed by atoms with Gasteiger partial charge in [0.1, 0.15) is 0 Å². The molecular formula is C66H44N4. The molecule has 3 aromatic heterocycles. The largest absolute Gasteiger partial charge is 0.311 e. The smallest absolute Gasteiger partial charge is 0.0541 e. The van der Waals surface area contributed by atoms with Crippen molar-refractivity contribution in [3.63, 3.8) is 0 Å². The standard InChI is InChI=1S/C66H44N4/c1-7-19-61-55(13-1)56-14-2-8-20-62(56)68(61)52-37-29-47(30-38-52)45-25-33-49(34-26-45)67(51-41-43-54(44-42-51)70-65-23-11-5-17-59(65)60-18-6-12-24-66(60)70)50-35-27-46(28-36-50)48-31-39-53(40-32-48)69-63-21-9-3-15-57(63)58-16-4-10-22-64(58)69/h1-44H. The van der Waals surface area contributed by atoms with Crippen LogP contribution in [0, 0.1) is 0 Å². The van der Waals surface area contributed by atoms with Crippen LogP contribution in [0.3, 0.4) is 0 Å². The number of benzene rings is 11. The van der Waals surface area contributed by atoms with Crippen molar-refractivity contribution in [3.8, 4) is 39.3 Å². The molecule has 0 bridgehead atoms. The third kappa shape index (κ3) is 6.38. The fourth-order valence-corrected chi connectivity index (χ4v) is 11.0. The summed E-state index contributed by atoms with van der Waals surface area (Å²) in [5, 5.41) is 7.58. The van der Waals surface area contributed by atoms with E-state index in [1.54, 1.807) is 0 Å². The number of hydrogen-bond donors (Lipinski definition) is 0. The Morgan fingerprint density at radius 1 is 0.186 bits per heavy atom. The third-order valence-electron chi connectivity index (χ3n) is 14.3. The van der Waals surface area contributed by atoms with E-state index in [1.807, 2.05) is 0 Å². The predicted octanol–water partition coefficient (Wildman–Crippen LogP) is 17.8. The van der Waals surface area contributed by atoms with Gasteiger partial charge in [-0.1, -0.05) is 158 Å². The molecule has 328 valence electrons. The van der Waals surface area contributed by atoms with Crippen LogP contribution in [0.5, 0.6) is 0 Å². The SMILES string of the molecule is c1ccc2c(c1)c1ccccc1n2-c1ccc(-c2ccc(N(c3ccc(-c4ccc(-n5c6ccccc6c6ccccc65)cc4)cc3)c3ccc(-n4c5ccccc5c5ccccc54)cc3)cc2)cc1. The summed E-state index contributed by atoms with van der Waals surface area (Å²) in [5.74, 6) is 0. The molecule has 0 fully saturated rings. The van der Waals surface area contributed by atoms with Gasteiger partial charge < -0.3 is 18.6 Å². The first-order valence-electron chi connectivity index (χ1n) is 24.0. The topological polar surface area (TPSA) is 18.0 Å². The normalized spacial score (nSPS) is 11.7. The summed E-state index contributed by atoms with van der Waals surface area (Å²) >= 11 is 0. The van der Waals surface area contributed by atoms with Gasteiger partial charge >= 0.3 is 0 Å². The highest BCUT2D eigenvalue weighted by atomic mass is 15.1. The van der Waals surface area contributed by atoms with E-state index >= 15 is 0 Å². The maximum Gasteiger partial charge on any atom is 0.0541 e. The van der Waals surface area contributed by atoms with E-state index in [2.05, 4.69) is 286 Å². The van der Waals surface area contributed by atoms with E-state index in [0.29, 0.717) is 0 Å². The molecule has 4 nitrogen and oxygen atoms in total. The second-order valence-corrected chi connectivity index (χ2v) is 18.1. The number of nitrogens with zero attached hydrogens (tertiary/aromatic N) is 4. The van der Waals surface area contributed by atoms with Gasteiger partial charge in [-0.15, -0.1) is 0 Å². The lowest BCUT2D eigenvalue weighted by molar-refractivity contribution is 1.17. The average molecular weight is 893 g/mol. The zero-order valence-corrected chi connectivity index (χ0v) is 38.2. The van der Waals surface area contributed by atoms with Crippen LogP contribution in [-0.2, 0) is 0 Å². The molecule has 0 atom stereocenters. The molecule has 70 heavy (non-hydrogen) atoms. The molecule has 14 rings (SSSR count). The van der Waals surface area contributed by atoms with Gasteiger partial charge in [0, 0.05) is 66.4 Å². The number of fused-ring (bicyclic) bond motifs is 9. The molecule has 11 aromatic carbocycles. The Kier molecular flexibility index (Phi) is 9.17. The molecular weight excluding hydrogens is 849 g/mol. The maximum absolute atomic E-state index is 2.38. The maximum atomic E-state index is 2.38. The van der Waals surface area contributed by atoms with Gasteiger partial charge in [0.05, 0.1) is 33.1 Å². The van der Waals surface area contributed by atoms with E-state index in [9.17, 15) is 0 Å². The van der Waals surface area contributed by atoms with Crippen LogP contribution in [0.2, 0.25) is 0 Å². The average Bonchev–Trinajstić information content (AvgIpc) is 4.08. The van der Waals surface area contributed by atoms with Crippen molar-refractivity contribution in [3.05, 3.63) is 267 Å². The molecule has 0 radical (unpaired) electrons. The van der Waals surface area contributed by atoms with Gasteiger partial charge in [0.15, 0.2) is 0 Å². The molecule has 0 unspecified atom stereocenters. The van der Waals surface area contributed by atoms with Crippen molar-refractivity contribution >= 4 is 82.5 Å². The van der Waals surface area contributed by atoms with Gasteiger partial charge in [-0.3, -0.25) is 0 Å². The van der Waals surface area contributed by atoms with Crippen LogP contribution in [0.25, 0.3) is 105 Å². The van der Waals surface area contributed by atoms with Crippen LogP contribution in [-0.4, -0.2) is 13.7 Å². The summed E-state index contributed by atoms with van der Waals surface area (Å²) < 4.78 is 7.12. The molecule has 0 aliphatic carbocycles. The van der Waals surface area contributed by atoms with E-state index in [1.165, 1.54) is 87.7 Å². The highest BCUT2D eigenvalue weighted by Gasteiger charge is 2.18. The summed E-state index contributed by atoms with van der Waals surface area (Å²) in [6.45, 7) is 0. The first-order chi connectivity index (χ1) is 34.7. The minimum absolute atomic E-state index is 1.08. The minimum atomic E-state index is 1.08. The van der Waals surface area contributed by atoms with E-state index < -0.39 is 0 Å². The second-order valence-electron chi connectivity index (χ2n) is 18.1. The van der Waals surface area contributed by atoms with Crippen LogP contribution in [0.1, 0.15) is 0 Å². The van der Waals surface area contributed by atoms with Gasteiger partial charge in [0.25, 0.3) is 0 Å². The number of aromatic nitrogens is 3. The minimum Gasteiger partial charge on any atom is -0.311 e. The molecule has 0 saturated carbocycles. The summed E-state index contributed by atoms with van der Waals surface area (Å²) in [6, 6.07) is 97.0. The lowest BCUT2D eigenvalue weighted by atomic mass is 10.0. The van der Waals surface area contributed by atoms with E-state index in [-0.39, 0.29) is 0 Å². The van der Waals surface area contributed by atoms with Crippen molar-refractivity contribution in [2.45, 2.75) is 0 Å². The molecule has 0 aliphatic rings. The summed E-state index contributed by atoms with van der Waals surface area (Å²) in [5.41, 5.74) is 18.6. The highest BCUT2D eigenvalue weighted by Crippen LogP contribution is 2.40. The van der Waals surface area contributed by atoms with Crippen molar-refractivity contribution < 1.29 is 0 Å². The Bertz CT molecular complexity index is 3890. The van der Waals surface area contributed by atoms with E-state index in [4.69, 9.17) is 0 Å². The number of hydrogen-bond acceptors (Lipinski definition) is 1. The highest BCUT2D eigenvalue weighted by molar-refractivity contribution is 6.11. The molecule has 3 heterocycles. The molecule has 14 aromatic rings. The van der Waals surface area contributed by atoms with Crippen molar-refractivity contribution in [1.82, 2.24) is 13.7 Å². The first-order valence-corrected chi connectivity index (χ1v) is 24.0. The zero-order valence-electron chi connectivity index (χ0n) is 38.2. The van der Waals surface area contributed by atoms with Crippen LogP contribution in [0.4, 0.5) is 17.1 Å². The fraction of sp³-hybridized carbons (Fsp3) is 0. The Hall–Kier alpha value is -9.38. The monoisotopic (exact) mass is 892 g/mol. The summed E-state index contributed by atoms with van der Waals surface area (Å²) in [7, 11) is 0. The predicted molar refractivity (Wildman–Crippen MR) is 295 cm³/mol. The first kappa shape index (κ1) is 39.8. The Morgan fingerprint density at radius 2 is 0.371 bits per heavy atom. The molecule has 0 amide bonds. The van der Waals surface area contributed by atoms with Gasteiger partial charge in [0.2, 0.25) is 0 Å². The zero-order chi connectivity index (χ0) is 46.1. The van der Waals surface area contributed by atoms with Gasteiger partial charge in [-0.2, -0.15) is 0 Å². The summed E-state index contributed by atoms with van der Waals surface area (Å²) in [4.78, 5) is 2.36. The van der Waals surface area contributed by atoms with Gasteiger partial charge in [-0.05, 0) is 131 Å². The van der Waals surface area contributed by atoms with Crippen LogP contribution < -0.4 is 4.90 Å². The Morgan fingerprint density at radius 3 is 0.614 bits per heavy atom. The lowest BCUT2D eigenvalue weighted by Crippen LogP contribution is -2.10. The quantitative estimate of drug-likeness (QED) is 0.149. The van der Waals surface area contributed by atoms with Crippen LogP contribution >= 0.6 is 0 Å².